The molecule has 0 aromatic carbocycles. The summed E-state index contributed by atoms with van der Waals surface area (Å²) in [6, 6.07) is 0. The molecule has 100 valence electrons. The molecule has 0 aliphatic carbocycles. The van der Waals surface area contributed by atoms with Gasteiger partial charge in [-0.25, -0.2) is 0 Å². The highest BCUT2D eigenvalue weighted by Gasteiger charge is 2.17. The predicted molar refractivity (Wildman–Crippen MR) is 67.4 cm³/mol. The number of carbonyl (C=O) groups excluding carboxylic acids is 1. The molecule has 0 aliphatic rings. The van der Waals surface area contributed by atoms with Crippen molar-refractivity contribution in [2.75, 3.05) is 6.54 Å². The molecule has 1 unspecified atom stereocenters. The molecule has 1 rings (SSSR count). The molecule has 0 saturated carbocycles. The SMILES string of the molecule is CC(C)CC(CNC(=O)c1cnns1)CC(=O)O. The maximum Gasteiger partial charge on any atom is 0.303 e. The molecule has 6 nitrogen and oxygen atoms in total. The molecular weight excluding hydrogens is 254 g/mol. The molecule has 18 heavy (non-hydrogen) atoms. The van der Waals surface area contributed by atoms with Crippen LogP contribution in [0, 0.1) is 11.8 Å². The quantitative estimate of drug-likeness (QED) is 0.782. The van der Waals surface area contributed by atoms with Crippen molar-refractivity contribution in [1.29, 1.82) is 0 Å². The molecule has 1 heterocycles. The van der Waals surface area contributed by atoms with Gasteiger partial charge in [0.15, 0.2) is 0 Å². The zero-order valence-corrected chi connectivity index (χ0v) is 11.2. The van der Waals surface area contributed by atoms with Gasteiger partial charge in [0.25, 0.3) is 5.91 Å². The standard InChI is InChI=1S/C11H17N3O3S/c1-7(2)3-8(4-10(15)16)5-12-11(17)9-6-13-14-18-9/h6-8H,3-5H2,1-2H3,(H,12,17)(H,15,16). The van der Waals surface area contributed by atoms with Crippen molar-refractivity contribution < 1.29 is 14.7 Å². The molecule has 0 radical (unpaired) electrons. The molecule has 2 N–H and O–H groups in total. The summed E-state index contributed by atoms with van der Waals surface area (Å²) in [7, 11) is 0. The number of carboxylic acid groups (broad SMARTS) is 1. The van der Waals surface area contributed by atoms with Crippen molar-refractivity contribution in [3.05, 3.63) is 11.1 Å². The molecular formula is C11H17N3O3S. The Morgan fingerprint density at radius 3 is 2.72 bits per heavy atom. The first-order valence-corrected chi connectivity index (χ1v) is 6.53. The summed E-state index contributed by atoms with van der Waals surface area (Å²) in [4.78, 5) is 22.8. The van der Waals surface area contributed by atoms with Gasteiger partial charge in [0.05, 0.1) is 6.20 Å². The molecule has 0 saturated heterocycles. The Morgan fingerprint density at radius 1 is 1.50 bits per heavy atom. The van der Waals surface area contributed by atoms with Gasteiger partial charge < -0.3 is 10.4 Å². The highest BCUT2D eigenvalue weighted by molar-refractivity contribution is 7.07. The maximum absolute atomic E-state index is 11.7. The van der Waals surface area contributed by atoms with Crippen LogP contribution in [-0.4, -0.2) is 33.1 Å². The average molecular weight is 271 g/mol. The largest absolute Gasteiger partial charge is 0.481 e. The minimum atomic E-state index is -0.839. The minimum Gasteiger partial charge on any atom is -0.481 e. The van der Waals surface area contributed by atoms with E-state index in [4.69, 9.17) is 5.11 Å². The Hall–Kier alpha value is -1.50. The van der Waals surface area contributed by atoms with Gasteiger partial charge in [0.1, 0.15) is 4.88 Å². The molecule has 0 bridgehead atoms. The van der Waals surface area contributed by atoms with Crippen molar-refractivity contribution in [2.24, 2.45) is 11.8 Å². The number of hydrogen-bond donors (Lipinski definition) is 2. The van der Waals surface area contributed by atoms with Gasteiger partial charge in [-0.05, 0) is 29.8 Å². The first-order chi connectivity index (χ1) is 8.49. The van der Waals surface area contributed by atoms with Crippen LogP contribution in [-0.2, 0) is 4.79 Å². The fraction of sp³-hybridized carbons (Fsp3) is 0.636. The smallest absolute Gasteiger partial charge is 0.303 e. The van der Waals surface area contributed by atoms with Crippen LogP contribution in [0.3, 0.4) is 0 Å². The highest BCUT2D eigenvalue weighted by Crippen LogP contribution is 2.15. The monoisotopic (exact) mass is 271 g/mol. The lowest BCUT2D eigenvalue weighted by Gasteiger charge is -2.17. The Balaban J connectivity index is 2.45. The number of aliphatic carboxylic acids is 1. The lowest BCUT2D eigenvalue weighted by atomic mass is 9.94. The van der Waals surface area contributed by atoms with Crippen molar-refractivity contribution >= 4 is 23.4 Å². The number of rotatable bonds is 7. The van der Waals surface area contributed by atoms with Crippen LogP contribution in [0.5, 0.6) is 0 Å². The summed E-state index contributed by atoms with van der Waals surface area (Å²) < 4.78 is 3.60. The summed E-state index contributed by atoms with van der Waals surface area (Å²) in [5.41, 5.74) is 0. The van der Waals surface area contributed by atoms with Crippen LogP contribution in [0.25, 0.3) is 0 Å². The molecule has 0 spiro atoms. The lowest BCUT2D eigenvalue weighted by Crippen LogP contribution is -2.30. The summed E-state index contributed by atoms with van der Waals surface area (Å²) in [6.45, 7) is 4.43. The van der Waals surface area contributed by atoms with E-state index in [-0.39, 0.29) is 18.2 Å². The van der Waals surface area contributed by atoms with Crippen LogP contribution < -0.4 is 5.32 Å². The number of nitrogens with one attached hydrogen (secondary N) is 1. The van der Waals surface area contributed by atoms with Crippen LogP contribution in [0.2, 0.25) is 0 Å². The number of hydrogen-bond acceptors (Lipinski definition) is 5. The van der Waals surface area contributed by atoms with E-state index in [1.165, 1.54) is 6.20 Å². The molecule has 1 aromatic rings. The highest BCUT2D eigenvalue weighted by atomic mass is 32.1. The fourth-order valence-electron chi connectivity index (χ4n) is 1.74. The summed E-state index contributed by atoms with van der Waals surface area (Å²) >= 11 is 1.02. The van der Waals surface area contributed by atoms with Gasteiger partial charge in [-0.3, -0.25) is 9.59 Å². The van der Waals surface area contributed by atoms with E-state index >= 15 is 0 Å². The zero-order valence-electron chi connectivity index (χ0n) is 10.4. The molecule has 7 heteroatoms. The van der Waals surface area contributed by atoms with Crippen LogP contribution in [0.15, 0.2) is 6.20 Å². The Bertz CT molecular complexity index is 392. The topological polar surface area (TPSA) is 92.2 Å². The molecule has 0 aliphatic heterocycles. The summed E-state index contributed by atoms with van der Waals surface area (Å²) in [5, 5.41) is 15.1. The van der Waals surface area contributed by atoms with Crippen molar-refractivity contribution in [3.63, 3.8) is 0 Å². The fourth-order valence-corrected chi connectivity index (χ4v) is 2.18. The van der Waals surface area contributed by atoms with E-state index in [0.717, 1.165) is 18.0 Å². The number of aromatic nitrogens is 2. The second-order valence-corrected chi connectivity index (χ2v) is 5.37. The number of amides is 1. The third-order valence-electron chi connectivity index (χ3n) is 2.40. The molecule has 0 fully saturated rings. The number of carboxylic acids is 1. The zero-order chi connectivity index (χ0) is 13.5. The normalized spacial score (nSPS) is 12.4. The van der Waals surface area contributed by atoms with Gasteiger partial charge in [0, 0.05) is 13.0 Å². The predicted octanol–water partition coefficient (Wildman–Crippen LogP) is 1.40. The third-order valence-corrected chi connectivity index (χ3v) is 3.07. The van der Waals surface area contributed by atoms with Crippen molar-refractivity contribution in [1.82, 2.24) is 14.9 Å². The van der Waals surface area contributed by atoms with E-state index in [0.29, 0.717) is 17.3 Å². The first kappa shape index (κ1) is 14.6. The van der Waals surface area contributed by atoms with Crippen LogP contribution in [0.1, 0.15) is 36.4 Å². The van der Waals surface area contributed by atoms with Gasteiger partial charge in [-0.1, -0.05) is 18.3 Å². The van der Waals surface area contributed by atoms with E-state index < -0.39 is 5.97 Å². The number of carbonyl (C=O) groups is 2. The van der Waals surface area contributed by atoms with Gasteiger partial charge >= 0.3 is 5.97 Å². The second-order valence-electron chi connectivity index (χ2n) is 4.59. The first-order valence-electron chi connectivity index (χ1n) is 5.76. The lowest BCUT2D eigenvalue weighted by molar-refractivity contribution is -0.138. The van der Waals surface area contributed by atoms with E-state index in [1.807, 2.05) is 13.8 Å². The third kappa shape index (κ3) is 5.22. The van der Waals surface area contributed by atoms with E-state index in [2.05, 4.69) is 14.9 Å². The van der Waals surface area contributed by atoms with Crippen molar-refractivity contribution in [3.8, 4) is 0 Å². The Labute approximate surface area is 110 Å². The van der Waals surface area contributed by atoms with Crippen LogP contribution in [0.4, 0.5) is 0 Å². The molecule has 1 aromatic heterocycles. The van der Waals surface area contributed by atoms with E-state index in [1.54, 1.807) is 0 Å². The Kier molecular flexibility index (Phi) is 5.70. The molecule has 1 amide bonds. The van der Waals surface area contributed by atoms with Gasteiger partial charge in [-0.15, -0.1) is 5.10 Å². The molecule has 1 atom stereocenters. The van der Waals surface area contributed by atoms with Gasteiger partial charge in [-0.2, -0.15) is 0 Å². The van der Waals surface area contributed by atoms with Gasteiger partial charge in [0.2, 0.25) is 0 Å². The van der Waals surface area contributed by atoms with Crippen molar-refractivity contribution in [2.45, 2.75) is 26.7 Å². The average Bonchev–Trinajstić information content (AvgIpc) is 2.77. The minimum absolute atomic E-state index is 0.0488. The van der Waals surface area contributed by atoms with E-state index in [9.17, 15) is 9.59 Å². The number of nitrogens with zero attached hydrogens (tertiary/aromatic N) is 2. The summed E-state index contributed by atoms with van der Waals surface area (Å²) in [5.74, 6) is -0.734. The summed E-state index contributed by atoms with van der Waals surface area (Å²) in [6.07, 6.45) is 2.24. The van der Waals surface area contributed by atoms with Crippen LogP contribution >= 0.6 is 11.5 Å². The Morgan fingerprint density at radius 2 is 2.22 bits per heavy atom. The second kappa shape index (κ2) is 7.05. The maximum atomic E-state index is 11.7.